The van der Waals surface area contributed by atoms with Crippen LogP contribution in [0, 0.1) is 0 Å². The average Bonchev–Trinajstić information content (AvgIpc) is 2.49. The highest BCUT2D eigenvalue weighted by atomic mass is 16.4. The Morgan fingerprint density at radius 3 is 2.04 bits per heavy atom. The van der Waals surface area contributed by atoms with Crippen molar-refractivity contribution in [2.24, 2.45) is 22.2 Å². The lowest BCUT2D eigenvalue weighted by molar-refractivity contribution is -0.139. The summed E-state index contributed by atoms with van der Waals surface area (Å²) in [7, 11) is 0. The third kappa shape index (κ3) is 13.7. The molecule has 0 aliphatic heterocycles. The van der Waals surface area contributed by atoms with Gasteiger partial charge in [-0.15, -0.1) is 0 Å². The van der Waals surface area contributed by atoms with Crippen LogP contribution >= 0.6 is 0 Å². The standard InChI is InChI=1S/C16H30N4O4/c17-13(11-15(23)24)14(22)9-8-12(21)7-5-3-1-2-4-6-10-20-16(18)19/h13H,1-11,17H2,(H,23,24)(H4,18,19,20)/t13-/m0/s1. The summed E-state index contributed by atoms with van der Waals surface area (Å²) < 4.78 is 0. The number of aliphatic imine (C=N–C) groups is 1. The van der Waals surface area contributed by atoms with E-state index in [1.54, 1.807) is 0 Å². The summed E-state index contributed by atoms with van der Waals surface area (Å²) in [5, 5.41) is 8.55. The quantitative estimate of drug-likeness (QED) is 0.193. The molecule has 0 aromatic carbocycles. The summed E-state index contributed by atoms with van der Waals surface area (Å²) >= 11 is 0. The van der Waals surface area contributed by atoms with E-state index in [9.17, 15) is 14.4 Å². The van der Waals surface area contributed by atoms with Crippen LogP contribution in [0.5, 0.6) is 0 Å². The molecule has 7 N–H and O–H groups in total. The van der Waals surface area contributed by atoms with Crippen LogP contribution in [-0.2, 0) is 14.4 Å². The van der Waals surface area contributed by atoms with Crippen molar-refractivity contribution in [1.29, 1.82) is 0 Å². The number of unbranched alkanes of at least 4 members (excludes halogenated alkanes) is 5. The van der Waals surface area contributed by atoms with Gasteiger partial charge in [-0.1, -0.05) is 25.7 Å². The van der Waals surface area contributed by atoms with Gasteiger partial charge in [0.05, 0.1) is 12.5 Å². The average molecular weight is 342 g/mol. The number of Topliss-reactive ketones (excluding diaryl/α,β-unsaturated/α-hetero) is 2. The van der Waals surface area contributed by atoms with Crippen LogP contribution in [0.25, 0.3) is 0 Å². The molecule has 138 valence electrons. The Balaban J connectivity index is 3.55. The van der Waals surface area contributed by atoms with Crippen molar-refractivity contribution in [3.8, 4) is 0 Å². The topological polar surface area (TPSA) is 162 Å². The molecule has 0 aromatic heterocycles. The van der Waals surface area contributed by atoms with Crippen molar-refractivity contribution in [3.05, 3.63) is 0 Å². The number of hydrogen-bond donors (Lipinski definition) is 4. The summed E-state index contributed by atoms with van der Waals surface area (Å²) in [5.41, 5.74) is 15.9. The lowest BCUT2D eigenvalue weighted by Crippen LogP contribution is -2.33. The molecule has 24 heavy (non-hydrogen) atoms. The van der Waals surface area contributed by atoms with E-state index in [2.05, 4.69) is 4.99 Å². The van der Waals surface area contributed by atoms with E-state index >= 15 is 0 Å². The van der Waals surface area contributed by atoms with E-state index in [-0.39, 0.29) is 30.4 Å². The Morgan fingerprint density at radius 1 is 0.875 bits per heavy atom. The van der Waals surface area contributed by atoms with E-state index in [0.29, 0.717) is 13.0 Å². The Morgan fingerprint density at radius 2 is 1.46 bits per heavy atom. The van der Waals surface area contributed by atoms with Crippen molar-refractivity contribution < 1.29 is 19.5 Å². The number of nitrogens with two attached hydrogens (primary N) is 3. The first-order chi connectivity index (χ1) is 11.3. The predicted octanol–water partition coefficient (Wildman–Crippen LogP) is 0.711. The molecule has 0 radical (unpaired) electrons. The first kappa shape index (κ1) is 22.0. The van der Waals surface area contributed by atoms with Crippen LogP contribution in [-0.4, -0.2) is 41.2 Å². The first-order valence-corrected chi connectivity index (χ1v) is 8.40. The summed E-state index contributed by atoms with van der Waals surface area (Å²) in [6.45, 7) is 0.652. The SMILES string of the molecule is NC(N)=NCCCCCCCCC(=O)CCC(=O)[C@@H](N)CC(=O)O. The number of nitrogens with zero attached hydrogens (tertiary/aromatic N) is 1. The van der Waals surface area contributed by atoms with Crippen LogP contribution in [0.15, 0.2) is 4.99 Å². The second-order valence-corrected chi connectivity index (χ2v) is 5.89. The zero-order valence-electron chi connectivity index (χ0n) is 14.2. The van der Waals surface area contributed by atoms with Crippen LogP contribution in [0.4, 0.5) is 0 Å². The summed E-state index contributed by atoms with van der Waals surface area (Å²) in [6.07, 6.45) is 6.15. The lowest BCUT2D eigenvalue weighted by Gasteiger charge is -2.07. The molecule has 1 atom stereocenters. The van der Waals surface area contributed by atoms with Crippen molar-refractivity contribution >= 4 is 23.5 Å². The zero-order chi connectivity index (χ0) is 18.4. The Bertz CT molecular complexity index is 434. The lowest BCUT2D eigenvalue weighted by atomic mass is 10.0. The van der Waals surface area contributed by atoms with Gasteiger partial charge in [-0.2, -0.15) is 0 Å². The molecule has 0 heterocycles. The number of ketones is 2. The van der Waals surface area contributed by atoms with Gasteiger partial charge in [-0.05, 0) is 12.8 Å². The molecule has 0 spiro atoms. The number of carboxylic acid groups (broad SMARTS) is 1. The zero-order valence-corrected chi connectivity index (χ0v) is 14.2. The monoisotopic (exact) mass is 342 g/mol. The molecule has 8 heteroatoms. The number of aliphatic carboxylic acids is 1. The number of carbonyl (C=O) groups excluding carboxylic acids is 2. The largest absolute Gasteiger partial charge is 0.481 e. The fourth-order valence-corrected chi connectivity index (χ4v) is 2.22. The molecule has 0 unspecified atom stereocenters. The minimum absolute atomic E-state index is 0.0259. The number of hydrogen-bond acceptors (Lipinski definition) is 5. The maximum absolute atomic E-state index is 11.7. The van der Waals surface area contributed by atoms with Gasteiger partial charge in [-0.25, -0.2) is 0 Å². The molecule has 0 bridgehead atoms. The molecule has 0 saturated heterocycles. The van der Waals surface area contributed by atoms with Gasteiger partial charge in [0.2, 0.25) is 0 Å². The van der Waals surface area contributed by atoms with E-state index < -0.39 is 18.4 Å². The smallest absolute Gasteiger partial charge is 0.305 e. The van der Waals surface area contributed by atoms with Gasteiger partial charge in [0, 0.05) is 25.8 Å². The van der Waals surface area contributed by atoms with Crippen molar-refractivity contribution in [1.82, 2.24) is 0 Å². The maximum Gasteiger partial charge on any atom is 0.305 e. The van der Waals surface area contributed by atoms with Crippen molar-refractivity contribution in [2.45, 2.75) is 70.3 Å². The fraction of sp³-hybridized carbons (Fsp3) is 0.750. The second-order valence-electron chi connectivity index (χ2n) is 5.89. The van der Waals surface area contributed by atoms with Gasteiger partial charge in [0.25, 0.3) is 0 Å². The highest BCUT2D eigenvalue weighted by Crippen LogP contribution is 2.09. The fourth-order valence-electron chi connectivity index (χ4n) is 2.22. The third-order valence-electron chi connectivity index (χ3n) is 3.62. The molecule has 0 saturated carbocycles. The van der Waals surface area contributed by atoms with Crippen LogP contribution < -0.4 is 17.2 Å². The normalized spacial score (nSPS) is 11.7. The van der Waals surface area contributed by atoms with Crippen LogP contribution in [0.3, 0.4) is 0 Å². The van der Waals surface area contributed by atoms with Gasteiger partial charge in [0.1, 0.15) is 5.78 Å². The molecular formula is C16H30N4O4. The number of carbonyl (C=O) groups is 3. The maximum atomic E-state index is 11.7. The highest BCUT2D eigenvalue weighted by Gasteiger charge is 2.17. The van der Waals surface area contributed by atoms with E-state index in [0.717, 1.165) is 38.5 Å². The first-order valence-electron chi connectivity index (χ1n) is 8.40. The van der Waals surface area contributed by atoms with Crippen LogP contribution in [0.2, 0.25) is 0 Å². The van der Waals surface area contributed by atoms with E-state index in [4.69, 9.17) is 22.3 Å². The molecule has 0 amide bonds. The van der Waals surface area contributed by atoms with Crippen molar-refractivity contribution in [3.63, 3.8) is 0 Å². The Hall–Kier alpha value is -1.96. The molecule has 8 nitrogen and oxygen atoms in total. The predicted molar refractivity (Wildman–Crippen MR) is 92.5 cm³/mol. The molecule has 0 aliphatic rings. The Labute approximate surface area is 142 Å². The van der Waals surface area contributed by atoms with Gasteiger partial charge < -0.3 is 22.3 Å². The highest BCUT2D eigenvalue weighted by molar-refractivity contribution is 5.91. The Kier molecular flexibility index (Phi) is 12.4. The number of guanidine groups is 1. The number of carboxylic acids is 1. The molecular weight excluding hydrogens is 312 g/mol. The summed E-state index contributed by atoms with van der Waals surface area (Å²) in [5.74, 6) is -1.33. The minimum atomic E-state index is -1.11. The van der Waals surface area contributed by atoms with E-state index in [1.165, 1.54) is 0 Å². The molecule has 0 aromatic rings. The minimum Gasteiger partial charge on any atom is -0.481 e. The van der Waals surface area contributed by atoms with Crippen LogP contribution in [0.1, 0.15) is 64.2 Å². The molecule has 0 rings (SSSR count). The van der Waals surface area contributed by atoms with Gasteiger partial charge in [0.15, 0.2) is 11.7 Å². The molecule has 0 aliphatic carbocycles. The second kappa shape index (κ2) is 13.5. The molecule has 0 fully saturated rings. The van der Waals surface area contributed by atoms with Crippen molar-refractivity contribution in [2.75, 3.05) is 6.54 Å². The third-order valence-corrected chi connectivity index (χ3v) is 3.62. The van der Waals surface area contributed by atoms with Gasteiger partial charge in [-0.3, -0.25) is 19.4 Å². The summed E-state index contributed by atoms with van der Waals surface area (Å²) in [4.78, 5) is 37.6. The van der Waals surface area contributed by atoms with E-state index in [1.807, 2.05) is 0 Å². The summed E-state index contributed by atoms with van der Waals surface area (Å²) in [6, 6.07) is -1.02. The van der Waals surface area contributed by atoms with Gasteiger partial charge >= 0.3 is 5.97 Å². The number of rotatable bonds is 15.